The highest BCUT2D eigenvalue weighted by Gasteiger charge is 2.62. The van der Waals surface area contributed by atoms with Gasteiger partial charge in [0.15, 0.2) is 0 Å². The molecule has 10 heteroatoms. The molecule has 1 aliphatic heterocycles. The highest BCUT2D eigenvalue weighted by molar-refractivity contribution is 7.72. The third kappa shape index (κ3) is 3.59. The molecule has 21 heavy (non-hydrogen) atoms. The minimum Gasteiger partial charge on any atom is -0.367 e. The quantitative estimate of drug-likeness (QED) is 0.354. The number of rotatable bonds is 6. The first-order chi connectivity index (χ1) is 9.43. The predicted molar refractivity (Wildman–Crippen MR) is 77.5 cm³/mol. The second kappa shape index (κ2) is 6.38. The topological polar surface area (TPSA) is 135 Å². The lowest BCUT2D eigenvalue weighted by Crippen LogP contribution is -2.59. The zero-order chi connectivity index (χ0) is 16.5. The van der Waals surface area contributed by atoms with E-state index in [1.54, 1.807) is 0 Å². The zero-order valence-corrected chi connectivity index (χ0v) is 14.2. The maximum atomic E-state index is 11.5. The first-order valence-electron chi connectivity index (χ1n) is 7.13. The molecule has 1 unspecified atom stereocenters. The van der Waals surface area contributed by atoms with Gasteiger partial charge in [-0.15, -0.1) is 0 Å². The van der Waals surface area contributed by atoms with Crippen LogP contribution in [0.5, 0.6) is 0 Å². The Morgan fingerprint density at radius 1 is 1.05 bits per heavy atom. The fourth-order valence-corrected chi connectivity index (χ4v) is 5.59. The molecular formula is C11H26NO7P2+. The summed E-state index contributed by atoms with van der Waals surface area (Å²) in [6, 6.07) is -0.376. The van der Waals surface area contributed by atoms with Crippen molar-refractivity contribution < 1.29 is 38.3 Å². The molecule has 0 saturated carbocycles. The van der Waals surface area contributed by atoms with Gasteiger partial charge in [-0.1, -0.05) is 0 Å². The van der Waals surface area contributed by atoms with E-state index in [2.05, 4.69) is 0 Å². The Hall–Kier alpha value is 0.220. The van der Waals surface area contributed by atoms with Crippen LogP contribution in [0.3, 0.4) is 0 Å². The predicted octanol–water partition coefficient (Wildman–Crippen LogP) is 0.787. The maximum Gasteiger partial charge on any atom is 0.369 e. The number of hydrogen-bond donors (Lipinski definition) is 5. The Morgan fingerprint density at radius 3 is 1.90 bits per heavy atom. The molecule has 0 aliphatic carbocycles. The van der Waals surface area contributed by atoms with Gasteiger partial charge in [-0.05, 0) is 33.1 Å². The van der Waals surface area contributed by atoms with Gasteiger partial charge < -0.3 is 29.2 Å². The molecule has 0 radical (unpaired) electrons. The Labute approximate surface area is 124 Å². The van der Waals surface area contributed by atoms with Crippen LogP contribution in [-0.2, 0) is 9.13 Å². The molecule has 0 aromatic carbocycles. The van der Waals surface area contributed by atoms with Gasteiger partial charge in [-0.3, -0.25) is 9.13 Å². The van der Waals surface area contributed by atoms with Gasteiger partial charge >= 0.3 is 15.2 Å². The SMILES string of the molecule is CC[N+]1(CC)CCCCC1CC(O)(P(=O)(O)O)P(=O)(O)O. The molecule has 1 heterocycles. The van der Waals surface area contributed by atoms with E-state index < -0.39 is 26.7 Å². The van der Waals surface area contributed by atoms with E-state index in [-0.39, 0.29) is 6.04 Å². The van der Waals surface area contributed by atoms with Crippen molar-refractivity contribution in [1.29, 1.82) is 0 Å². The number of nitrogens with zero attached hydrogens (tertiary/aromatic N) is 1. The van der Waals surface area contributed by atoms with Crippen molar-refractivity contribution >= 4 is 15.2 Å². The third-order valence-corrected chi connectivity index (χ3v) is 8.66. The molecule has 0 spiro atoms. The summed E-state index contributed by atoms with van der Waals surface area (Å²) in [5, 5.41) is 6.83. The fourth-order valence-electron chi connectivity index (χ4n) is 3.34. The molecule has 0 aromatic heterocycles. The van der Waals surface area contributed by atoms with E-state index in [0.29, 0.717) is 24.0 Å². The molecule has 0 aromatic rings. The van der Waals surface area contributed by atoms with Crippen molar-refractivity contribution in [2.45, 2.75) is 50.7 Å². The van der Waals surface area contributed by atoms with Gasteiger partial charge in [0.2, 0.25) is 0 Å². The van der Waals surface area contributed by atoms with Crippen LogP contribution < -0.4 is 0 Å². The van der Waals surface area contributed by atoms with E-state index in [4.69, 9.17) is 0 Å². The normalized spacial score (nSPS) is 24.0. The van der Waals surface area contributed by atoms with Crippen molar-refractivity contribution in [2.24, 2.45) is 0 Å². The van der Waals surface area contributed by atoms with E-state index in [0.717, 1.165) is 19.4 Å². The molecule has 0 bridgehead atoms. The zero-order valence-electron chi connectivity index (χ0n) is 12.4. The summed E-state index contributed by atoms with van der Waals surface area (Å²) in [6.45, 7) is 6.06. The van der Waals surface area contributed by atoms with E-state index in [1.807, 2.05) is 13.8 Å². The summed E-state index contributed by atoms with van der Waals surface area (Å²) in [6.07, 6.45) is 1.78. The lowest BCUT2D eigenvalue weighted by molar-refractivity contribution is -0.953. The summed E-state index contributed by atoms with van der Waals surface area (Å²) >= 11 is 0. The lowest BCUT2D eigenvalue weighted by Gasteiger charge is -2.48. The number of piperidine rings is 1. The van der Waals surface area contributed by atoms with Crippen LogP contribution in [0.1, 0.15) is 39.5 Å². The summed E-state index contributed by atoms with van der Waals surface area (Å²) in [7, 11) is -10.7. The van der Waals surface area contributed by atoms with Gasteiger partial charge in [-0.25, -0.2) is 0 Å². The molecule has 0 amide bonds. The Morgan fingerprint density at radius 2 is 1.52 bits per heavy atom. The largest absolute Gasteiger partial charge is 0.369 e. The van der Waals surface area contributed by atoms with Crippen LogP contribution in [0, 0.1) is 0 Å². The minimum absolute atomic E-state index is 0.376. The number of likely N-dealkylation sites (tertiary alicyclic amines) is 1. The highest BCUT2D eigenvalue weighted by Crippen LogP contribution is 2.69. The Balaban J connectivity index is 3.19. The lowest BCUT2D eigenvalue weighted by atomic mass is 9.95. The number of aliphatic hydroxyl groups is 1. The van der Waals surface area contributed by atoms with Gasteiger partial charge in [0.25, 0.3) is 5.08 Å². The minimum atomic E-state index is -5.37. The van der Waals surface area contributed by atoms with Gasteiger partial charge in [0.1, 0.15) is 0 Å². The Bertz CT molecular complexity index is 431. The van der Waals surface area contributed by atoms with Gasteiger partial charge in [0, 0.05) is 0 Å². The van der Waals surface area contributed by atoms with E-state index in [1.165, 1.54) is 0 Å². The molecule has 1 rings (SSSR count). The average Bonchev–Trinajstić information content (AvgIpc) is 2.37. The Kier molecular flexibility index (Phi) is 5.85. The molecule has 1 atom stereocenters. The first kappa shape index (κ1) is 19.3. The summed E-state index contributed by atoms with van der Waals surface area (Å²) in [5.41, 5.74) is 0. The maximum absolute atomic E-state index is 11.5. The highest BCUT2D eigenvalue weighted by atomic mass is 31.2. The van der Waals surface area contributed by atoms with E-state index in [9.17, 15) is 33.8 Å². The van der Waals surface area contributed by atoms with Crippen LogP contribution in [0.2, 0.25) is 0 Å². The van der Waals surface area contributed by atoms with Crippen molar-refractivity contribution in [3.05, 3.63) is 0 Å². The fraction of sp³-hybridized carbons (Fsp3) is 1.00. The molecule has 8 nitrogen and oxygen atoms in total. The van der Waals surface area contributed by atoms with E-state index >= 15 is 0 Å². The van der Waals surface area contributed by atoms with Crippen LogP contribution in [0.4, 0.5) is 0 Å². The van der Waals surface area contributed by atoms with Crippen LogP contribution in [0.25, 0.3) is 0 Å². The van der Waals surface area contributed by atoms with Crippen molar-refractivity contribution in [2.75, 3.05) is 19.6 Å². The monoisotopic (exact) mass is 346 g/mol. The van der Waals surface area contributed by atoms with Crippen molar-refractivity contribution in [3.8, 4) is 0 Å². The van der Waals surface area contributed by atoms with Crippen molar-refractivity contribution in [1.82, 2.24) is 0 Å². The molecule has 1 aliphatic rings. The second-order valence-corrected chi connectivity index (χ2v) is 9.80. The molecular weight excluding hydrogens is 320 g/mol. The summed E-state index contributed by atoms with van der Waals surface area (Å²) in [4.78, 5) is 37.1. The average molecular weight is 346 g/mol. The standard InChI is InChI=1S/C11H25NO7P2/c1-3-12(4-2)8-6-5-7-10(12)9-11(13,20(14,15)16)21(17,18)19/h10,13H,3-9H2,1-2H3,(H3-,14,15,16,17,18,19)/p+1. The third-order valence-electron chi connectivity index (χ3n) is 4.87. The van der Waals surface area contributed by atoms with Gasteiger partial charge in [0.05, 0.1) is 32.1 Å². The smallest absolute Gasteiger partial charge is 0.367 e. The summed E-state index contributed by atoms with van der Waals surface area (Å²) < 4.78 is 23.5. The molecule has 1 saturated heterocycles. The second-order valence-electron chi connectivity index (χ2n) is 5.79. The first-order valence-corrected chi connectivity index (χ1v) is 10.4. The van der Waals surface area contributed by atoms with Crippen LogP contribution in [0.15, 0.2) is 0 Å². The molecule has 126 valence electrons. The molecule has 5 N–H and O–H groups in total. The van der Waals surface area contributed by atoms with Gasteiger partial charge in [-0.2, -0.15) is 0 Å². The van der Waals surface area contributed by atoms with Crippen LogP contribution >= 0.6 is 15.2 Å². The summed E-state index contributed by atoms with van der Waals surface area (Å²) in [5.74, 6) is 0. The van der Waals surface area contributed by atoms with Crippen LogP contribution in [-0.4, -0.2) is 59.9 Å². The number of hydrogen-bond acceptors (Lipinski definition) is 3. The molecule has 1 fully saturated rings. The van der Waals surface area contributed by atoms with Crippen molar-refractivity contribution in [3.63, 3.8) is 0 Å². The number of quaternary nitrogens is 1.